The molecule has 23 heavy (non-hydrogen) atoms. The van der Waals surface area contributed by atoms with E-state index in [0.717, 1.165) is 33.9 Å². The first-order valence-electron chi connectivity index (χ1n) is 7.54. The second kappa shape index (κ2) is 5.61. The molecule has 0 aliphatic heterocycles. The Kier molecular flexibility index (Phi) is 3.31. The first kappa shape index (κ1) is 13.6. The first-order valence-corrected chi connectivity index (χ1v) is 7.54. The number of imidazole rings is 1. The zero-order valence-electron chi connectivity index (χ0n) is 12.8. The van der Waals surface area contributed by atoms with Crippen molar-refractivity contribution in [1.29, 1.82) is 0 Å². The number of nitrogens with zero attached hydrogens (tertiary/aromatic N) is 2. The fraction of sp³-hybridized carbons (Fsp3) is 0.0500. The Labute approximate surface area is 134 Å². The van der Waals surface area contributed by atoms with Gasteiger partial charge in [-0.05, 0) is 6.07 Å². The molecule has 3 heteroatoms. The Morgan fingerprint density at radius 2 is 1.48 bits per heavy atom. The van der Waals surface area contributed by atoms with Crippen molar-refractivity contribution in [2.45, 2.75) is 0 Å². The van der Waals surface area contributed by atoms with Crippen LogP contribution in [0, 0.1) is 0 Å². The zero-order valence-corrected chi connectivity index (χ0v) is 12.8. The molecule has 0 aliphatic carbocycles. The number of ether oxygens (including phenoxy) is 1. The summed E-state index contributed by atoms with van der Waals surface area (Å²) in [6, 6.07) is 24.4. The van der Waals surface area contributed by atoms with Gasteiger partial charge in [-0.25, -0.2) is 4.98 Å². The van der Waals surface area contributed by atoms with Crippen LogP contribution in [0.3, 0.4) is 0 Å². The Balaban J connectivity index is 2.02. The lowest BCUT2D eigenvalue weighted by Gasteiger charge is -2.04. The third kappa shape index (κ3) is 2.36. The molecule has 0 unspecified atom stereocenters. The fourth-order valence-electron chi connectivity index (χ4n) is 2.79. The predicted octanol–water partition coefficient (Wildman–Crippen LogP) is 4.68. The zero-order chi connectivity index (χ0) is 15.6. The molecule has 2 aromatic heterocycles. The maximum atomic E-state index is 5.39. The molecule has 112 valence electrons. The molecule has 0 atom stereocenters. The van der Waals surface area contributed by atoms with E-state index in [4.69, 9.17) is 9.72 Å². The van der Waals surface area contributed by atoms with E-state index in [1.807, 2.05) is 54.7 Å². The summed E-state index contributed by atoms with van der Waals surface area (Å²) >= 11 is 0. The van der Waals surface area contributed by atoms with E-state index >= 15 is 0 Å². The van der Waals surface area contributed by atoms with Crippen molar-refractivity contribution >= 4 is 5.52 Å². The van der Waals surface area contributed by atoms with Crippen LogP contribution in [0.4, 0.5) is 0 Å². The molecule has 2 heterocycles. The summed E-state index contributed by atoms with van der Waals surface area (Å²) in [4.78, 5) is 4.91. The van der Waals surface area contributed by atoms with Crippen LogP contribution in [0.5, 0.6) is 5.75 Å². The van der Waals surface area contributed by atoms with E-state index in [2.05, 4.69) is 28.7 Å². The number of benzene rings is 2. The van der Waals surface area contributed by atoms with Crippen molar-refractivity contribution in [3.05, 3.63) is 79.0 Å². The van der Waals surface area contributed by atoms with Gasteiger partial charge in [0.05, 0.1) is 18.3 Å². The minimum atomic E-state index is 0.828. The summed E-state index contributed by atoms with van der Waals surface area (Å²) in [5, 5.41) is 0. The summed E-state index contributed by atoms with van der Waals surface area (Å²) < 4.78 is 7.50. The summed E-state index contributed by atoms with van der Waals surface area (Å²) in [5.74, 6) is 1.76. The third-order valence-corrected chi connectivity index (χ3v) is 3.93. The number of methoxy groups -OCH3 is 1. The van der Waals surface area contributed by atoms with Gasteiger partial charge >= 0.3 is 0 Å². The minimum Gasteiger partial charge on any atom is -0.497 e. The van der Waals surface area contributed by atoms with Gasteiger partial charge in [-0.2, -0.15) is 0 Å². The van der Waals surface area contributed by atoms with E-state index in [-0.39, 0.29) is 0 Å². The molecular weight excluding hydrogens is 284 g/mol. The number of rotatable bonds is 3. The van der Waals surface area contributed by atoms with Crippen LogP contribution in [0.15, 0.2) is 79.0 Å². The van der Waals surface area contributed by atoms with Crippen molar-refractivity contribution in [2.75, 3.05) is 7.11 Å². The summed E-state index contributed by atoms with van der Waals surface area (Å²) in [6.45, 7) is 0. The maximum absolute atomic E-state index is 5.39. The predicted molar refractivity (Wildman–Crippen MR) is 92.6 cm³/mol. The average molecular weight is 300 g/mol. The van der Waals surface area contributed by atoms with Crippen molar-refractivity contribution < 1.29 is 4.74 Å². The number of hydrogen-bond donors (Lipinski definition) is 0. The number of aromatic nitrogens is 2. The lowest BCUT2D eigenvalue weighted by atomic mass is 10.1. The standard InChI is InChI=1S/C20H16N2O/c1-23-17-12-13-22-18(14-17)19(15-8-4-2-5-9-15)21-20(22)16-10-6-3-7-11-16/h2-14H,1H3. The smallest absolute Gasteiger partial charge is 0.145 e. The molecule has 0 radical (unpaired) electrons. The molecule has 0 amide bonds. The Morgan fingerprint density at radius 1 is 0.826 bits per heavy atom. The van der Waals surface area contributed by atoms with Crippen molar-refractivity contribution in [3.63, 3.8) is 0 Å². The average Bonchev–Trinajstić information content (AvgIpc) is 3.02. The molecule has 3 nitrogen and oxygen atoms in total. The first-order chi connectivity index (χ1) is 11.4. The highest BCUT2D eigenvalue weighted by molar-refractivity contribution is 5.82. The Morgan fingerprint density at radius 3 is 2.13 bits per heavy atom. The number of pyridine rings is 1. The fourth-order valence-corrected chi connectivity index (χ4v) is 2.79. The second-order valence-electron chi connectivity index (χ2n) is 5.34. The Bertz CT molecular complexity index is 943. The highest BCUT2D eigenvalue weighted by Gasteiger charge is 2.14. The molecule has 0 N–H and O–H groups in total. The second-order valence-corrected chi connectivity index (χ2v) is 5.34. The quantitative estimate of drug-likeness (QED) is 0.549. The normalized spacial score (nSPS) is 10.8. The number of hydrogen-bond acceptors (Lipinski definition) is 2. The largest absolute Gasteiger partial charge is 0.497 e. The van der Waals surface area contributed by atoms with Crippen molar-refractivity contribution in [1.82, 2.24) is 9.38 Å². The lowest BCUT2D eigenvalue weighted by molar-refractivity contribution is 0.414. The molecule has 4 rings (SSSR count). The summed E-state index contributed by atoms with van der Waals surface area (Å²) in [6.07, 6.45) is 2.01. The van der Waals surface area contributed by atoms with Gasteiger partial charge in [-0.3, -0.25) is 4.40 Å². The Hall–Kier alpha value is -3.07. The van der Waals surface area contributed by atoms with E-state index in [9.17, 15) is 0 Å². The van der Waals surface area contributed by atoms with Crippen LogP contribution in [-0.2, 0) is 0 Å². The highest BCUT2D eigenvalue weighted by Crippen LogP contribution is 2.31. The molecule has 0 saturated carbocycles. The van der Waals surface area contributed by atoms with E-state index in [1.165, 1.54) is 0 Å². The maximum Gasteiger partial charge on any atom is 0.145 e. The van der Waals surface area contributed by atoms with E-state index in [1.54, 1.807) is 7.11 Å². The van der Waals surface area contributed by atoms with Gasteiger partial charge in [0.1, 0.15) is 11.6 Å². The van der Waals surface area contributed by atoms with Gasteiger partial charge < -0.3 is 4.74 Å². The van der Waals surface area contributed by atoms with Gasteiger partial charge in [0, 0.05) is 23.4 Å². The monoisotopic (exact) mass is 300 g/mol. The van der Waals surface area contributed by atoms with Gasteiger partial charge in [0.15, 0.2) is 0 Å². The van der Waals surface area contributed by atoms with Crippen molar-refractivity contribution in [2.24, 2.45) is 0 Å². The van der Waals surface area contributed by atoms with Crippen molar-refractivity contribution in [3.8, 4) is 28.4 Å². The topological polar surface area (TPSA) is 26.5 Å². The summed E-state index contributed by atoms with van der Waals surface area (Å²) in [5.41, 5.74) is 4.19. The van der Waals surface area contributed by atoms with Gasteiger partial charge in [-0.15, -0.1) is 0 Å². The van der Waals surface area contributed by atoms with Crippen LogP contribution >= 0.6 is 0 Å². The van der Waals surface area contributed by atoms with Crippen LogP contribution in [0.1, 0.15) is 0 Å². The highest BCUT2D eigenvalue weighted by atomic mass is 16.5. The molecule has 4 aromatic rings. The van der Waals surface area contributed by atoms with Gasteiger partial charge in [0.2, 0.25) is 0 Å². The van der Waals surface area contributed by atoms with Crippen LogP contribution in [0.2, 0.25) is 0 Å². The van der Waals surface area contributed by atoms with Crippen LogP contribution in [-0.4, -0.2) is 16.5 Å². The van der Waals surface area contributed by atoms with E-state index in [0.29, 0.717) is 0 Å². The van der Waals surface area contributed by atoms with Gasteiger partial charge in [-0.1, -0.05) is 60.7 Å². The molecule has 2 aromatic carbocycles. The van der Waals surface area contributed by atoms with Crippen LogP contribution in [0.25, 0.3) is 28.2 Å². The minimum absolute atomic E-state index is 0.828. The molecule has 0 bridgehead atoms. The van der Waals surface area contributed by atoms with Crippen LogP contribution < -0.4 is 4.74 Å². The van der Waals surface area contributed by atoms with E-state index < -0.39 is 0 Å². The third-order valence-electron chi connectivity index (χ3n) is 3.93. The molecule has 0 saturated heterocycles. The molecule has 0 fully saturated rings. The lowest BCUT2D eigenvalue weighted by Crippen LogP contribution is -1.90. The molecular formula is C20H16N2O. The number of fused-ring (bicyclic) bond motifs is 1. The van der Waals surface area contributed by atoms with Gasteiger partial charge in [0.25, 0.3) is 0 Å². The molecule has 0 aliphatic rings. The summed E-state index contributed by atoms with van der Waals surface area (Å²) in [7, 11) is 1.68. The molecule has 0 spiro atoms. The SMILES string of the molecule is COc1ccn2c(-c3ccccc3)nc(-c3ccccc3)c2c1.